The molecular weight excluding hydrogens is 294 g/mol. The lowest BCUT2D eigenvalue weighted by Gasteiger charge is -2.57. The van der Waals surface area contributed by atoms with E-state index < -0.39 is 0 Å². The molecular formula is C22H33NO. The standard InChI is InChI=1S/C22H33NO/c1-14-18-6-7-20-17-5-4-15-12-16(24)8-10-21(15,2)19(17)9-11-22(18,20)13-23(14)3/h4,14,17-20H,5-13H2,1-3H3. The third-order valence-electron chi connectivity index (χ3n) is 9.54. The molecule has 1 saturated heterocycles. The summed E-state index contributed by atoms with van der Waals surface area (Å²) < 4.78 is 0. The molecule has 0 aromatic heterocycles. The van der Waals surface area contributed by atoms with Gasteiger partial charge in [-0.25, -0.2) is 0 Å². The van der Waals surface area contributed by atoms with Crippen molar-refractivity contribution in [2.45, 2.75) is 71.3 Å². The van der Waals surface area contributed by atoms with Crippen LogP contribution in [0.1, 0.15) is 65.2 Å². The van der Waals surface area contributed by atoms with Gasteiger partial charge in [0.2, 0.25) is 0 Å². The lowest BCUT2D eigenvalue weighted by Crippen LogP contribution is -2.51. The zero-order valence-corrected chi connectivity index (χ0v) is 15.7. The first-order valence-corrected chi connectivity index (χ1v) is 10.4. The lowest BCUT2D eigenvalue weighted by molar-refractivity contribution is -0.122. The number of fused-ring (bicyclic) bond motifs is 4. The Balaban J connectivity index is 1.50. The average molecular weight is 328 g/mol. The van der Waals surface area contributed by atoms with E-state index >= 15 is 0 Å². The first-order chi connectivity index (χ1) is 11.5. The van der Waals surface area contributed by atoms with E-state index in [4.69, 9.17) is 0 Å². The Kier molecular flexibility index (Phi) is 3.23. The van der Waals surface area contributed by atoms with Crippen molar-refractivity contribution in [3.05, 3.63) is 11.6 Å². The number of ketones is 1. The second-order valence-electron chi connectivity index (χ2n) is 10.1. The molecule has 0 N–H and O–H groups in total. The van der Waals surface area contributed by atoms with Gasteiger partial charge in [0.25, 0.3) is 0 Å². The molecule has 1 aliphatic heterocycles. The van der Waals surface area contributed by atoms with Crippen molar-refractivity contribution in [1.29, 1.82) is 0 Å². The SMILES string of the molecule is CC1C2CCC3C4CC=C5CC(=O)CCC5(C)C4CCC32CN1C. The van der Waals surface area contributed by atoms with Crippen LogP contribution in [-0.2, 0) is 4.79 Å². The summed E-state index contributed by atoms with van der Waals surface area (Å²) in [5.41, 5.74) is 2.48. The second kappa shape index (κ2) is 4.96. The highest BCUT2D eigenvalue weighted by molar-refractivity contribution is 5.82. The summed E-state index contributed by atoms with van der Waals surface area (Å²) in [5.74, 6) is 4.11. The van der Waals surface area contributed by atoms with Gasteiger partial charge >= 0.3 is 0 Å². The number of carbonyl (C=O) groups excluding carboxylic acids is 1. The fourth-order valence-corrected chi connectivity index (χ4v) is 8.28. The molecule has 2 heteroatoms. The molecule has 5 rings (SSSR count). The molecule has 132 valence electrons. The molecule has 0 amide bonds. The highest BCUT2D eigenvalue weighted by atomic mass is 16.1. The molecule has 1 heterocycles. The van der Waals surface area contributed by atoms with E-state index in [-0.39, 0.29) is 0 Å². The minimum absolute atomic E-state index is 0.340. The number of hydrogen-bond acceptors (Lipinski definition) is 2. The maximum atomic E-state index is 12.0. The van der Waals surface area contributed by atoms with Crippen LogP contribution >= 0.6 is 0 Å². The molecule has 0 bridgehead atoms. The number of Topliss-reactive ketones (excluding diaryl/α,β-unsaturated/α-hetero) is 1. The van der Waals surface area contributed by atoms with Crippen molar-refractivity contribution in [2.75, 3.05) is 13.6 Å². The van der Waals surface area contributed by atoms with Gasteiger partial charge in [-0.2, -0.15) is 0 Å². The lowest BCUT2D eigenvalue weighted by atomic mass is 9.47. The highest BCUT2D eigenvalue weighted by Crippen LogP contribution is 2.68. The summed E-state index contributed by atoms with van der Waals surface area (Å²) in [6.45, 7) is 6.33. The van der Waals surface area contributed by atoms with Crippen molar-refractivity contribution in [1.82, 2.24) is 4.90 Å². The molecule has 0 radical (unpaired) electrons. The smallest absolute Gasteiger partial charge is 0.136 e. The predicted octanol–water partition coefficient (Wildman–Crippen LogP) is 4.45. The molecule has 5 aliphatic rings. The van der Waals surface area contributed by atoms with E-state index in [1.165, 1.54) is 44.2 Å². The summed E-state index contributed by atoms with van der Waals surface area (Å²) in [4.78, 5) is 14.6. The largest absolute Gasteiger partial charge is 0.303 e. The monoisotopic (exact) mass is 327 g/mol. The van der Waals surface area contributed by atoms with Gasteiger partial charge in [-0.05, 0) is 87.0 Å². The quantitative estimate of drug-likeness (QED) is 0.613. The van der Waals surface area contributed by atoms with Crippen molar-refractivity contribution >= 4 is 5.78 Å². The number of likely N-dealkylation sites (tertiary alicyclic amines) is 1. The number of hydrogen-bond donors (Lipinski definition) is 0. The topological polar surface area (TPSA) is 20.3 Å². The average Bonchev–Trinajstić information content (AvgIpc) is 3.03. The Labute approximate surface area is 147 Å². The summed E-state index contributed by atoms with van der Waals surface area (Å²) >= 11 is 0. The van der Waals surface area contributed by atoms with Gasteiger partial charge in [0.05, 0.1) is 0 Å². The Morgan fingerprint density at radius 1 is 1.12 bits per heavy atom. The zero-order valence-electron chi connectivity index (χ0n) is 15.7. The Bertz CT molecular complexity index is 609. The maximum Gasteiger partial charge on any atom is 0.136 e. The van der Waals surface area contributed by atoms with Crippen LogP contribution < -0.4 is 0 Å². The second-order valence-corrected chi connectivity index (χ2v) is 10.1. The molecule has 3 saturated carbocycles. The van der Waals surface area contributed by atoms with Gasteiger partial charge in [0.1, 0.15) is 5.78 Å². The van der Waals surface area contributed by atoms with E-state index in [0.29, 0.717) is 16.6 Å². The number of carbonyl (C=O) groups is 1. The van der Waals surface area contributed by atoms with E-state index in [0.717, 1.165) is 49.0 Å². The molecule has 24 heavy (non-hydrogen) atoms. The molecule has 4 aliphatic carbocycles. The fraction of sp³-hybridized carbons (Fsp3) is 0.864. The van der Waals surface area contributed by atoms with Crippen molar-refractivity contribution in [3.63, 3.8) is 0 Å². The molecule has 4 fully saturated rings. The Hall–Kier alpha value is -0.630. The fourth-order valence-electron chi connectivity index (χ4n) is 8.28. The Morgan fingerprint density at radius 2 is 1.92 bits per heavy atom. The van der Waals surface area contributed by atoms with Crippen molar-refractivity contribution in [3.8, 4) is 0 Å². The molecule has 0 aromatic carbocycles. The minimum Gasteiger partial charge on any atom is -0.303 e. The van der Waals surface area contributed by atoms with Crippen LogP contribution in [0.4, 0.5) is 0 Å². The molecule has 1 spiro atoms. The summed E-state index contributed by atoms with van der Waals surface area (Å²) in [6, 6.07) is 0.782. The zero-order chi connectivity index (χ0) is 16.7. The van der Waals surface area contributed by atoms with E-state index in [1.54, 1.807) is 0 Å². The summed E-state index contributed by atoms with van der Waals surface area (Å²) in [7, 11) is 2.35. The molecule has 0 aromatic rings. The first-order valence-electron chi connectivity index (χ1n) is 10.4. The van der Waals surface area contributed by atoms with Crippen LogP contribution in [0, 0.1) is 34.5 Å². The molecule has 7 atom stereocenters. The molecule has 7 unspecified atom stereocenters. The minimum atomic E-state index is 0.340. The summed E-state index contributed by atoms with van der Waals surface area (Å²) in [6.07, 6.45) is 12.3. The van der Waals surface area contributed by atoms with Crippen molar-refractivity contribution < 1.29 is 4.79 Å². The van der Waals surface area contributed by atoms with Crippen LogP contribution in [0.25, 0.3) is 0 Å². The van der Waals surface area contributed by atoms with Crippen LogP contribution in [0.5, 0.6) is 0 Å². The van der Waals surface area contributed by atoms with Crippen LogP contribution in [0.2, 0.25) is 0 Å². The molecule has 2 nitrogen and oxygen atoms in total. The van der Waals surface area contributed by atoms with Gasteiger partial charge in [0, 0.05) is 25.4 Å². The maximum absolute atomic E-state index is 12.0. The van der Waals surface area contributed by atoms with Gasteiger partial charge in [-0.15, -0.1) is 0 Å². The van der Waals surface area contributed by atoms with E-state index in [9.17, 15) is 4.79 Å². The highest BCUT2D eigenvalue weighted by Gasteiger charge is 2.63. The van der Waals surface area contributed by atoms with Gasteiger partial charge in [-0.1, -0.05) is 18.6 Å². The predicted molar refractivity (Wildman–Crippen MR) is 96.6 cm³/mol. The summed E-state index contributed by atoms with van der Waals surface area (Å²) in [5, 5.41) is 0. The Morgan fingerprint density at radius 3 is 2.75 bits per heavy atom. The van der Waals surface area contributed by atoms with Crippen LogP contribution in [0.15, 0.2) is 11.6 Å². The van der Waals surface area contributed by atoms with Crippen molar-refractivity contribution in [2.24, 2.45) is 34.5 Å². The normalized spacial score (nSPS) is 53.9. The van der Waals surface area contributed by atoms with Gasteiger partial charge < -0.3 is 4.90 Å². The van der Waals surface area contributed by atoms with Crippen LogP contribution in [0.3, 0.4) is 0 Å². The van der Waals surface area contributed by atoms with E-state index in [1.807, 2.05) is 0 Å². The van der Waals surface area contributed by atoms with E-state index in [2.05, 4.69) is 31.9 Å². The first kappa shape index (κ1) is 15.6. The van der Waals surface area contributed by atoms with Gasteiger partial charge in [0.15, 0.2) is 0 Å². The number of rotatable bonds is 0. The number of nitrogens with zero attached hydrogens (tertiary/aromatic N) is 1. The third-order valence-corrected chi connectivity index (χ3v) is 9.54. The van der Waals surface area contributed by atoms with Gasteiger partial charge in [-0.3, -0.25) is 4.79 Å². The van der Waals surface area contributed by atoms with Crippen LogP contribution in [-0.4, -0.2) is 30.3 Å². The number of allylic oxidation sites excluding steroid dienone is 2. The third kappa shape index (κ3) is 1.79.